The summed E-state index contributed by atoms with van der Waals surface area (Å²) in [6.45, 7) is 2.33. The van der Waals surface area contributed by atoms with Crippen LogP contribution in [0.4, 0.5) is 0 Å². The molecule has 2 rings (SSSR count). The lowest BCUT2D eigenvalue weighted by Gasteiger charge is -2.26. The molecule has 2 N–H and O–H groups in total. The Balaban J connectivity index is 1.92. The van der Waals surface area contributed by atoms with Gasteiger partial charge in [-0.2, -0.15) is 10.6 Å². The van der Waals surface area contributed by atoms with Crippen LogP contribution < -0.4 is 0 Å². The molecule has 0 spiro atoms. The van der Waals surface area contributed by atoms with Crippen molar-refractivity contribution in [3.05, 3.63) is 0 Å². The van der Waals surface area contributed by atoms with Crippen molar-refractivity contribution in [2.24, 2.45) is 0 Å². The first kappa shape index (κ1) is 6.91. The lowest BCUT2D eigenvalue weighted by molar-refractivity contribution is 0.430. The van der Waals surface area contributed by atoms with Gasteiger partial charge < -0.3 is 0 Å². The van der Waals surface area contributed by atoms with E-state index in [2.05, 4.69) is 4.90 Å². The highest BCUT2D eigenvalue weighted by Gasteiger charge is 2.36. The fraction of sp³-hybridized carbons (Fsp3) is 1.00. The Kier molecular flexibility index (Phi) is 1.46. The summed E-state index contributed by atoms with van der Waals surface area (Å²) >= 11 is 0. The van der Waals surface area contributed by atoms with E-state index in [1.54, 1.807) is 0 Å². The summed E-state index contributed by atoms with van der Waals surface area (Å²) in [6, 6.07) is 0.491. The van der Waals surface area contributed by atoms with Crippen LogP contribution in [0.15, 0.2) is 0 Å². The average Bonchev–Trinajstić information content (AvgIpc) is 2.59. The number of nitrogens with zero attached hydrogens (tertiary/aromatic N) is 1. The molecular formula is C6H13NO2S. The van der Waals surface area contributed by atoms with Crippen LogP contribution in [0.25, 0.3) is 0 Å². The molecule has 1 atom stereocenters. The number of hydrogen-bond acceptors (Lipinski definition) is 3. The molecule has 2 aliphatic heterocycles. The molecule has 0 bridgehead atoms. The number of hydrogen-bond donors (Lipinski definition) is 2. The Bertz CT molecular complexity index is 147. The van der Waals surface area contributed by atoms with E-state index >= 15 is 0 Å². The smallest absolute Gasteiger partial charge is 0.0530 e. The van der Waals surface area contributed by atoms with Gasteiger partial charge in [-0.3, -0.25) is 14.0 Å². The quantitative estimate of drug-likeness (QED) is 0.563. The van der Waals surface area contributed by atoms with Crippen LogP contribution in [-0.4, -0.2) is 44.6 Å². The Hall–Kier alpha value is 0.230. The first-order valence-electron chi connectivity index (χ1n) is 3.65. The highest BCUT2D eigenvalue weighted by Crippen LogP contribution is 2.47. The second kappa shape index (κ2) is 2.11. The molecule has 0 aromatic heterocycles. The second-order valence-electron chi connectivity index (χ2n) is 3.15. The van der Waals surface area contributed by atoms with Crippen LogP contribution in [0, 0.1) is 0 Å². The Morgan fingerprint density at radius 2 is 2.00 bits per heavy atom. The monoisotopic (exact) mass is 163 g/mol. The van der Waals surface area contributed by atoms with Crippen molar-refractivity contribution in [3.63, 3.8) is 0 Å². The summed E-state index contributed by atoms with van der Waals surface area (Å²) in [6.07, 6.45) is 0.988. The van der Waals surface area contributed by atoms with Crippen molar-refractivity contribution < 1.29 is 9.11 Å². The van der Waals surface area contributed by atoms with Crippen LogP contribution in [-0.2, 0) is 0 Å². The lowest BCUT2D eigenvalue weighted by Crippen LogP contribution is -2.18. The molecular weight excluding hydrogens is 150 g/mol. The van der Waals surface area contributed by atoms with Gasteiger partial charge in [-0.15, -0.1) is 0 Å². The van der Waals surface area contributed by atoms with Gasteiger partial charge in [0.2, 0.25) is 0 Å². The molecule has 1 unspecified atom stereocenters. The van der Waals surface area contributed by atoms with Gasteiger partial charge in [-0.1, -0.05) is 0 Å². The molecule has 2 heterocycles. The van der Waals surface area contributed by atoms with Crippen molar-refractivity contribution in [3.8, 4) is 0 Å². The van der Waals surface area contributed by atoms with Crippen LogP contribution in [0.1, 0.15) is 6.42 Å². The van der Waals surface area contributed by atoms with E-state index in [4.69, 9.17) is 0 Å². The molecule has 10 heavy (non-hydrogen) atoms. The summed E-state index contributed by atoms with van der Waals surface area (Å²) in [4.78, 5) is 2.31. The number of rotatable bonds is 1. The van der Waals surface area contributed by atoms with Crippen LogP contribution in [0.3, 0.4) is 0 Å². The minimum absolute atomic E-state index is 0.491. The standard InChI is InChI=1S/C6H13NO2S/c8-10(9)4-1-6(5-10)7-2-3-7/h6,8-9H,1-5H2. The van der Waals surface area contributed by atoms with Gasteiger partial charge in [0.1, 0.15) is 0 Å². The zero-order chi connectivity index (χ0) is 7.19. The van der Waals surface area contributed by atoms with Crippen molar-refractivity contribution in [1.82, 2.24) is 4.90 Å². The summed E-state index contributed by atoms with van der Waals surface area (Å²) in [5, 5.41) is 0. The summed E-state index contributed by atoms with van der Waals surface area (Å²) < 4.78 is 18.5. The summed E-state index contributed by atoms with van der Waals surface area (Å²) in [7, 11) is -2.14. The van der Waals surface area contributed by atoms with Crippen molar-refractivity contribution in [1.29, 1.82) is 0 Å². The normalized spacial score (nSPS) is 41.6. The Morgan fingerprint density at radius 1 is 1.30 bits per heavy atom. The SMILES string of the molecule is OS1(O)CCC(N2CC2)C1. The van der Waals surface area contributed by atoms with Crippen molar-refractivity contribution in [2.45, 2.75) is 12.5 Å². The molecule has 2 saturated heterocycles. The van der Waals surface area contributed by atoms with Gasteiger partial charge in [0.05, 0.1) is 5.75 Å². The predicted octanol–water partition coefficient (Wildman–Crippen LogP) is 0.825. The maximum absolute atomic E-state index is 9.25. The highest BCUT2D eigenvalue weighted by molar-refractivity contribution is 8.24. The molecule has 4 heteroatoms. The predicted molar refractivity (Wildman–Crippen MR) is 42.6 cm³/mol. The van der Waals surface area contributed by atoms with Gasteiger partial charge >= 0.3 is 0 Å². The zero-order valence-electron chi connectivity index (χ0n) is 5.86. The van der Waals surface area contributed by atoms with Crippen LogP contribution in [0.2, 0.25) is 0 Å². The van der Waals surface area contributed by atoms with E-state index in [-0.39, 0.29) is 0 Å². The van der Waals surface area contributed by atoms with Gasteiger partial charge in [-0.05, 0) is 6.42 Å². The van der Waals surface area contributed by atoms with E-state index in [1.807, 2.05) is 0 Å². The fourth-order valence-corrected chi connectivity index (χ4v) is 3.32. The van der Waals surface area contributed by atoms with Gasteiger partial charge in [-0.25, -0.2) is 0 Å². The Labute approximate surface area is 62.4 Å². The lowest BCUT2D eigenvalue weighted by atomic mass is 10.3. The molecule has 3 nitrogen and oxygen atoms in total. The molecule has 0 saturated carbocycles. The van der Waals surface area contributed by atoms with Crippen molar-refractivity contribution >= 4 is 10.6 Å². The first-order valence-corrected chi connectivity index (χ1v) is 5.53. The summed E-state index contributed by atoms with van der Waals surface area (Å²) in [5.41, 5.74) is 0. The van der Waals surface area contributed by atoms with Crippen LogP contribution in [0.5, 0.6) is 0 Å². The molecule has 2 aliphatic rings. The van der Waals surface area contributed by atoms with Crippen molar-refractivity contribution in [2.75, 3.05) is 24.6 Å². The highest BCUT2D eigenvalue weighted by atomic mass is 32.3. The largest absolute Gasteiger partial charge is 0.299 e. The fourth-order valence-electron chi connectivity index (χ4n) is 1.51. The molecule has 0 radical (unpaired) electrons. The zero-order valence-corrected chi connectivity index (χ0v) is 6.68. The average molecular weight is 163 g/mol. The molecule has 0 aliphatic carbocycles. The minimum Gasteiger partial charge on any atom is -0.299 e. The van der Waals surface area contributed by atoms with Gasteiger partial charge in [0.25, 0.3) is 0 Å². The Morgan fingerprint density at radius 3 is 2.40 bits per heavy atom. The van der Waals surface area contributed by atoms with Gasteiger partial charge in [0, 0.05) is 24.9 Å². The van der Waals surface area contributed by atoms with E-state index in [0.717, 1.165) is 6.42 Å². The summed E-state index contributed by atoms with van der Waals surface area (Å²) in [5.74, 6) is 1.27. The molecule has 60 valence electrons. The molecule has 0 aromatic rings. The van der Waals surface area contributed by atoms with E-state index in [1.165, 1.54) is 13.1 Å². The first-order chi connectivity index (χ1) is 4.67. The van der Waals surface area contributed by atoms with Gasteiger partial charge in [0.15, 0.2) is 0 Å². The topological polar surface area (TPSA) is 43.5 Å². The minimum atomic E-state index is -2.14. The third-order valence-corrected chi connectivity index (χ3v) is 4.04. The molecule has 0 amide bonds. The third-order valence-electron chi connectivity index (χ3n) is 2.24. The maximum Gasteiger partial charge on any atom is 0.0530 e. The molecule has 0 aromatic carbocycles. The molecule has 2 fully saturated rings. The maximum atomic E-state index is 9.25. The van der Waals surface area contributed by atoms with E-state index in [9.17, 15) is 9.11 Å². The third kappa shape index (κ3) is 1.29. The van der Waals surface area contributed by atoms with Crippen LogP contribution >= 0.6 is 10.6 Å². The van der Waals surface area contributed by atoms with E-state index < -0.39 is 10.6 Å². The second-order valence-corrected chi connectivity index (χ2v) is 5.50. The van der Waals surface area contributed by atoms with E-state index in [0.29, 0.717) is 17.5 Å².